The molecule has 2 aromatic carbocycles. The van der Waals surface area contributed by atoms with Crippen LogP contribution in [0.3, 0.4) is 0 Å². The Morgan fingerprint density at radius 3 is 2.75 bits per heavy atom. The lowest BCUT2D eigenvalue weighted by molar-refractivity contribution is 0.0867. The number of halogens is 2. The van der Waals surface area contributed by atoms with Gasteiger partial charge in [-0.15, -0.1) is 0 Å². The highest BCUT2D eigenvalue weighted by molar-refractivity contribution is 5.94. The summed E-state index contributed by atoms with van der Waals surface area (Å²) in [5.41, 5.74) is 1.34. The maximum absolute atomic E-state index is 14.0. The number of fused-ring (bicyclic) bond motifs is 6. The molecule has 36 heavy (non-hydrogen) atoms. The highest BCUT2D eigenvalue weighted by atomic mass is 19.1. The highest BCUT2D eigenvalue weighted by Gasteiger charge is 2.48. The second-order valence-electron chi connectivity index (χ2n) is 9.96. The molecule has 186 valence electrons. The third kappa shape index (κ3) is 4.09. The van der Waals surface area contributed by atoms with Crippen molar-refractivity contribution < 1.29 is 18.3 Å². The SMILES string of the molecule is O=C(NCc1ccc(F)cc1F)c1cn2c(c(OCc3ccccc3)c1=O)CN1[C@@H]3CC[C@@H](C3)[C@H]1C2. The topological polar surface area (TPSA) is 63.6 Å². The van der Waals surface area contributed by atoms with Gasteiger partial charge in [-0.1, -0.05) is 36.4 Å². The van der Waals surface area contributed by atoms with E-state index in [9.17, 15) is 18.4 Å². The second-order valence-corrected chi connectivity index (χ2v) is 9.96. The first-order valence-electron chi connectivity index (χ1n) is 12.4. The molecule has 6 rings (SSSR count). The molecule has 2 fully saturated rings. The van der Waals surface area contributed by atoms with Crippen LogP contribution < -0.4 is 15.5 Å². The molecule has 1 amide bonds. The van der Waals surface area contributed by atoms with Crippen molar-refractivity contribution in [3.8, 4) is 5.75 Å². The van der Waals surface area contributed by atoms with E-state index in [-0.39, 0.29) is 30.0 Å². The van der Waals surface area contributed by atoms with E-state index in [0.29, 0.717) is 31.1 Å². The fourth-order valence-electron chi connectivity index (χ4n) is 6.04. The molecule has 1 N–H and O–H groups in total. The lowest BCUT2D eigenvalue weighted by Crippen LogP contribution is -2.48. The molecular formula is C28H27F2N3O3. The first-order valence-corrected chi connectivity index (χ1v) is 12.4. The van der Waals surface area contributed by atoms with Crippen molar-refractivity contribution in [2.24, 2.45) is 5.92 Å². The van der Waals surface area contributed by atoms with Crippen molar-refractivity contribution in [3.63, 3.8) is 0 Å². The van der Waals surface area contributed by atoms with Crippen molar-refractivity contribution in [3.05, 3.63) is 99.0 Å². The third-order valence-electron chi connectivity index (χ3n) is 7.87. The van der Waals surface area contributed by atoms with E-state index in [1.807, 2.05) is 34.9 Å². The summed E-state index contributed by atoms with van der Waals surface area (Å²) >= 11 is 0. The molecule has 8 heteroatoms. The summed E-state index contributed by atoms with van der Waals surface area (Å²) in [4.78, 5) is 29.1. The second kappa shape index (κ2) is 9.17. The van der Waals surface area contributed by atoms with Gasteiger partial charge in [-0.25, -0.2) is 8.78 Å². The molecule has 6 nitrogen and oxygen atoms in total. The van der Waals surface area contributed by atoms with Crippen LogP contribution in [0.15, 0.2) is 59.5 Å². The number of nitrogens with one attached hydrogen (secondary N) is 1. The predicted molar refractivity (Wildman–Crippen MR) is 129 cm³/mol. The molecule has 0 spiro atoms. The average Bonchev–Trinajstić information content (AvgIpc) is 3.49. The van der Waals surface area contributed by atoms with Gasteiger partial charge in [0.15, 0.2) is 5.75 Å². The van der Waals surface area contributed by atoms with Crippen LogP contribution in [0.1, 0.15) is 46.4 Å². The molecule has 3 heterocycles. The van der Waals surface area contributed by atoms with Gasteiger partial charge < -0.3 is 14.6 Å². The quantitative estimate of drug-likeness (QED) is 0.566. The van der Waals surface area contributed by atoms with Gasteiger partial charge in [0.2, 0.25) is 5.43 Å². The molecule has 0 radical (unpaired) electrons. The van der Waals surface area contributed by atoms with Crippen LogP contribution in [0.4, 0.5) is 8.78 Å². The molecule has 1 saturated carbocycles. The number of rotatable bonds is 6. The zero-order chi connectivity index (χ0) is 24.8. The van der Waals surface area contributed by atoms with E-state index in [4.69, 9.17) is 4.74 Å². The number of amides is 1. The molecule has 0 unspecified atom stereocenters. The van der Waals surface area contributed by atoms with Crippen molar-refractivity contribution in [1.82, 2.24) is 14.8 Å². The molecule has 2 aliphatic heterocycles. The Labute approximate surface area is 207 Å². The lowest BCUT2D eigenvalue weighted by atomic mass is 9.96. The van der Waals surface area contributed by atoms with Gasteiger partial charge in [0.05, 0.1) is 5.69 Å². The number of hydrogen-bond acceptors (Lipinski definition) is 4. The molecule has 1 saturated heterocycles. The van der Waals surface area contributed by atoms with E-state index in [1.165, 1.54) is 25.3 Å². The fourth-order valence-corrected chi connectivity index (χ4v) is 6.04. The molecule has 1 aromatic heterocycles. The van der Waals surface area contributed by atoms with Gasteiger partial charge in [-0.05, 0) is 36.8 Å². The number of pyridine rings is 1. The summed E-state index contributed by atoms with van der Waals surface area (Å²) in [5.74, 6) is -1.22. The van der Waals surface area contributed by atoms with Gasteiger partial charge >= 0.3 is 0 Å². The summed E-state index contributed by atoms with van der Waals surface area (Å²) in [6, 6.07) is 13.7. The van der Waals surface area contributed by atoms with Gasteiger partial charge in [0, 0.05) is 49.5 Å². The lowest BCUT2D eigenvalue weighted by Gasteiger charge is -2.41. The average molecular weight is 492 g/mol. The number of carbonyl (C=O) groups is 1. The third-order valence-corrected chi connectivity index (χ3v) is 7.87. The molecular weight excluding hydrogens is 464 g/mol. The Hall–Kier alpha value is -3.52. The van der Waals surface area contributed by atoms with Crippen molar-refractivity contribution in [1.29, 1.82) is 0 Å². The number of hydrogen-bond donors (Lipinski definition) is 1. The van der Waals surface area contributed by atoms with E-state index < -0.39 is 23.0 Å². The van der Waals surface area contributed by atoms with Gasteiger partial charge in [-0.3, -0.25) is 14.5 Å². The number of carbonyl (C=O) groups excluding carboxylic acids is 1. The molecule has 3 aromatic rings. The van der Waals surface area contributed by atoms with Crippen LogP contribution in [0, 0.1) is 17.6 Å². The normalized spacial score (nSPS) is 22.2. The van der Waals surface area contributed by atoms with Gasteiger partial charge in [0.1, 0.15) is 23.8 Å². The van der Waals surface area contributed by atoms with Crippen LogP contribution in [-0.2, 0) is 26.2 Å². The van der Waals surface area contributed by atoms with E-state index >= 15 is 0 Å². The molecule has 3 atom stereocenters. The van der Waals surface area contributed by atoms with E-state index in [0.717, 1.165) is 23.4 Å². The predicted octanol–water partition coefficient (Wildman–Crippen LogP) is 4.00. The summed E-state index contributed by atoms with van der Waals surface area (Å²) in [7, 11) is 0. The van der Waals surface area contributed by atoms with Crippen LogP contribution in [-0.4, -0.2) is 27.5 Å². The minimum atomic E-state index is -0.749. The monoisotopic (exact) mass is 491 g/mol. The number of aromatic nitrogens is 1. The van der Waals surface area contributed by atoms with Crippen molar-refractivity contribution in [2.75, 3.05) is 0 Å². The Balaban J connectivity index is 1.31. The number of ether oxygens (including phenoxy) is 1. The maximum atomic E-state index is 14.0. The zero-order valence-corrected chi connectivity index (χ0v) is 19.8. The molecule has 2 bridgehead atoms. The van der Waals surface area contributed by atoms with E-state index in [1.54, 1.807) is 6.20 Å². The summed E-state index contributed by atoms with van der Waals surface area (Å²) in [6.45, 7) is 1.37. The summed E-state index contributed by atoms with van der Waals surface area (Å²) < 4.78 is 35.4. The Morgan fingerprint density at radius 2 is 1.94 bits per heavy atom. The number of piperidine rings is 1. The molecule has 1 aliphatic carbocycles. The Morgan fingerprint density at radius 1 is 1.11 bits per heavy atom. The first kappa shape index (κ1) is 22.9. The minimum absolute atomic E-state index is 0.0408. The number of nitrogens with zero attached hydrogens (tertiary/aromatic N) is 2. The van der Waals surface area contributed by atoms with Crippen LogP contribution in [0.5, 0.6) is 5.75 Å². The van der Waals surface area contributed by atoms with Gasteiger partial charge in [0.25, 0.3) is 5.91 Å². The van der Waals surface area contributed by atoms with Crippen LogP contribution >= 0.6 is 0 Å². The first-order chi connectivity index (χ1) is 17.5. The summed E-state index contributed by atoms with van der Waals surface area (Å²) in [5, 5.41) is 2.62. The Bertz CT molecular complexity index is 1370. The van der Waals surface area contributed by atoms with Crippen molar-refractivity contribution >= 4 is 5.91 Å². The van der Waals surface area contributed by atoms with Crippen LogP contribution in [0.25, 0.3) is 0 Å². The standard InChI is InChI=1S/C28H27F2N3O3/c29-20-8-6-19(23(30)11-20)12-31-28(35)22-13-32-14-24-18-7-9-21(10-18)33(24)15-25(32)27(26(22)34)36-16-17-4-2-1-3-5-17/h1-6,8,11,13,18,21,24H,7,9-10,12,14-16H2,(H,31,35)/t18-,21+,24+/m0/s1. The summed E-state index contributed by atoms with van der Waals surface area (Å²) in [6.07, 6.45) is 5.20. The van der Waals surface area contributed by atoms with Gasteiger partial charge in [-0.2, -0.15) is 0 Å². The highest BCUT2D eigenvalue weighted by Crippen LogP contribution is 2.46. The zero-order valence-electron chi connectivity index (χ0n) is 19.8. The largest absolute Gasteiger partial charge is 0.483 e. The smallest absolute Gasteiger partial charge is 0.257 e. The Kier molecular flexibility index (Phi) is 5.84. The number of benzene rings is 2. The van der Waals surface area contributed by atoms with E-state index in [2.05, 4.69) is 10.2 Å². The fraction of sp³-hybridized carbons (Fsp3) is 0.357. The van der Waals surface area contributed by atoms with Crippen molar-refractivity contribution in [2.45, 2.75) is 57.6 Å². The van der Waals surface area contributed by atoms with Crippen LogP contribution in [0.2, 0.25) is 0 Å². The molecule has 3 aliphatic rings. The minimum Gasteiger partial charge on any atom is -0.483 e. The maximum Gasteiger partial charge on any atom is 0.257 e.